The molecule has 6 saturated carbocycles. The molecule has 6 rings (SSSR count). The molecule has 0 N–H and O–H groups in total. The van der Waals surface area contributed by atoms with Crippen molar-refractivity contribution in [1.82, 2.24) is 0 Å². The van der Waals surface area contributed by atoms with Gasteiger partial charge in [-0.05, 0) is 59.2 Å². The van der Waals surface area contributed by atoms with Gasteiger partial charge in [0, 0.05) is 0 Å². The maximum Gasteiger partial charge on any atom is 0.150 e. The third-order valence-electron chi connectivity index (χ3n) is 10.4. The molecule has 4 bridgehead atoms. The molecule has 0 nitrogen and oxygen atoms in total. The highest BCUT2D eigenvalue weighted by atomic mass is 14.6. The minimum Gasteiger partial charge on any atom is -0.104 e. The highest BCUT2D eigenvalue weighted by Gasteiger charge is 2.61. The van der Waals surface area contributed by atoms with Gasteiger partial charge in [-0.25, -0.2) is 0 Å². The normalized spacial score (nSPS) is 50.4. The van der Waals surface area contributed by atoms with Crippen molar-refractivity contribution in [3.63, 3.8) is 0 Å². The van der Waals surface area contributed by atoms with Crippen molar-refractivity contribution in [1.29, 1.82) is 0 Å². The fourth-order valence-electron chi connectivity index (χ4n) is 8.37. The van der Waals surface area contributed by atoms with E-state index in [4.69, 9.17) is 0 Å². The Kier molecular flexibility index (Phi) is 3.88. The van der Waals surface area contributed by atoms with Crippen molar-refractivity contribution in [2.75, 3.05) is 0 Å². The lowest BCUT2D eigenvalue weighted by molar-refractivity contribution is -0.107. The number of hydrogen-bond acceptors (Lipinski definition) is 0. The van der Waals surface area contributed by atoms with Gasteiger partial charge in [-0.3, -0.25) is 0 Å². The van der Waals surface area contributed by atoms with E-state index >= 15 is 0 Å². The molecule has 6 fully saturated rings. The Hall–Kier alpha value is -0.195. The fourth-order valence-corrected chi connectivity index (χ4v) is 8.37. The van der Waals surface area contributed by atoms with Crippen LogP contribution in [0.1, 0.15) is 67.2 Å². The van der Waals surface area contributed by atoms with Crippen molar-refractivity contribution in [2.45, 2.75) is 85.2 Å². The summed E-state index contributed by atoms with van der Waals surface area (Å²) < 4.78 is 0. The van der Waals surface area contributed by atoms with Gasteiger partial charge in [0.25, 0.3) is 0 Å². The molecule has 6 aliphatic carbocycles. The van der Waals surface area contributed by atoms with Crippen LogP contribution in [0, 0.1) is 46.3 Å². The SMILES string of the molecule is C=CCB(C1CC2CC(C1C)C2(C)C)C1CC2CC(C1C)C2(C)C. The van der Waals surface area contributed by atoms with Gasteiger partial charge in [-0.15, -0.1) is 6.58 Å². The van der Waals surface area contributed by atoms with E-state index in [0.29, 0.717) is 10.8 Å². The molecule has 0 aromatic rings. The maximum atomic E-state index is 4.16. The minimum absolute atomic E-state index is 0.622. The fraction of sp³-hybridized carbons (Fsp3) is 0.913. The summed E-state index contributed by atoms with van der Waals surface area (Å²) >= 11 is 0. The third-order valence-corrected chi connectivity index (χ3v) is 10.4. The van der Waals surface area contributed by atoms with E-state index in [1.807, 2.05) is 0 Å². The first-order valence-corrected chi connectivity index (χ1v) is 10.8. The van der Waals surface area contributed by atoms with E-state index in [2.05, 4.69) is 54.2 Å². The van der Waals surface area contributed by atoms with E-state index in [1.165, 1.54) is 32.0 Å². The minimum atomic E-state index is 0.622. The second-order valence-electron chi connectivity index (χ2n) is 11.4. The molecule has 0 amide bonds. The largest absolute Gasteiger partial charge is 0.150 e. The van der Waals surface area contributed by atoms with Crippen LogP contribution in [0.5, 0.6) is 0 Å². The summed E-state index contributed by atoms with van der Waals surface area (Å²) in [6, 6.07) is 0. The zero-order chi connectivity index (χ0) is 17.4. The van der Waals surface area contributed by atoms with Gasteiger partial charge in [0.15, 0.2) is 6.71 Å². The predicted octanol–water partition coefficient (Wildman–Crippen LogP) is 6.81. The molecule has 24 heavy (non-hydrogen) atoms. The van der Waals surface area contributed by atoms with Crippen LogP contribution in [-0.2, 0) is 0 Å². The molecule has 134 valence electrons. The number of hydrogen-bond donors (Lipinski definition) is 0. The molecule has 0 spiro atoms. The number of rotatable bonds is 4. The molecule has 1 heteroatoms. The van der Waals surface area contributed by atoms with Gasteiger partial charge < -0.3 is 0 Å². The molecule has 0 saturated heterocycles. The zero-order valence-corrected chi connectivity index (χ0v) is 17.0. The first kappa shape index (κ1) is 17.2. The Morgan fingerprint density at radius 1 is 0.833 bits per heavy atom. The van der Waals surface area contributed by atoms with Crippen LogP contribution in [0.2, 0.25) is 18.0 Å². The van der Waals surface area contributed by atoms with E-state index in [9.17, 15) is 0 Å². The Balaban J connectivity index is 1.55. The molecular formula is C23H39B. The Labute approximate surface area is 151 Å². The molecular weight excluding hydrogens is 287 g/mol. The van der Waals surface area contributed by atoms with E-state index in [1.54, 1.807) is 0 Å². The summed E-state index contributed by atoms with van der Waals surface area (Å²) in [7, 11) is 0. The summed E-state index contributed by atoms with van der Waals surface area (Å²) in [6.45, 7) is 20.4. The second-order valence-corrected chi connectivity index (χ2v) is 11.4. The molecule has 6 aliphatic rings. The molecule has 0 aliphatic heterocycles. The van der Waals surface area contributed by atoms with Gasteiger partial charge in [0.05, 0.1) is 0 Å². The number of allylic oxidation sites excluding steroid dienone is 1. The first-order valence-electron chi connectivity index (χ1n) is 10.8. The summed E-state index contributed by atoms with van der Waals surface area (Å²) in [5, 5.41) is 0. The van der Waals surface area contributed by atoms with Gasteiger partial charge in [0.2, 0.25) is 0 Å². The molecule has 8 unspecified atom stereocenters. The standard InChI is InChI=1S/C23H39B/c1-8-9-24(20-12-16-10-18(14(20)2)22(16,4)5)21-13-17-11-19(15(21)3)23(17,6)7/h8,14-21H,1,9-13H2,2-7H3. The van der Waals surface area contributed by atoms with E-state index in [-0.39, 0.29) is 0 Å². The van der Waals surface area contributed by atoms with Crippen LogP contribution in [0.4, 0.5) is 0 Å². The van der Waals surface area contributed by atoms with Crippen LogP contribution < -0.4 is 0 Å². The third kappa shape index (κ3) is 2.11. The highest BCUT2D eigenvalue weighted by Crippen LogP contribution is 2.69. The first-order chi connectivity index (χ1) is 11.2. The van der Waals surface area contributed by atoms with Crippen molar-refractivity contribution in [2.24, 2.45) is 46.3 Å². The Morgan fingerprint density at radius 2 is 1.25 bits per heavy atom. The molecule has 0 heterocycles. The average molecular weight is 326 g/mol. The monoisotopic (exact) mass is 326 g/mol. The second kappa shape index (κ2) is 5.40. The van der Waals surface area contributed by atoms with Crippen LogP contribution >= 0.6 is 0 Å². The molecule has 0 radical (unpaired) electrons. The Morgan fingerprint density at radius 3 is 1.54 bits per heavy atom. The lowest BCUT2D eigenvalue weighted by atomic mass is 9.20. The highest BCUT2D eigenvalue weighted by molar-refractivity contribution is 6.62. The van der Waals surface area contributed by atoms with E-state index < -0.39 is 0 Å². The summed E-state index contributed by atoms with van der Waals surface area (Å²) in [5.41, 5.74) is 1.24. The van der Waals surface area contributed by atoms with Crippen LogP contribution in [0.15, 0.2) is 12.7 Å². The molecule has 0 aromatic heterocycles. The predicted molar refractivity (Wildman–Crippen MR) is 107 cm³/mol. The topological polar surface area (TPSA) is 0 Å². The van der Waals surface area contributed by atoms with Gasteiger partial charge in [-0.1, -0.05) is 78.4 Å². The lowest BCUT2D eigenvalue weighted by Gasteiger charge is -2.66. The average Bonchev–Trinajstić information content (AvgIpc) is 2.52. The lowest BCUT2D eigenvalue weighted by Crippen LogP contribution is -2.59. The summed E-state index contributed by atoms with van der Waals surface area (Å²) in [5.74, 6) is 7.75. The van der Waals surface area contributed by atoms with Crippen LogP contribution in [0.25, 0.3) is 0 Å². The zero-order valence-electron chi connectivity index (χ0n) is 17.0. The maximum absolute atomic E-state index is 4.16. The van der Waals surface area contributed by atoms with Crippen LogP contribution in [0.3, 0.4) is 0 Å². The smallest absolute Gasteiger partial charge is 0.104 e. The van der Waals surface area contributed by atoms with Crippen molar-refractivity contribution in [3.05, 3.63) is 12.7 Å². The van der Waals surface area contributed by atoms with Gasteiger partial charge in [-0.2, -0.15) is 0 Å². The van der Waals surface area contributed by atoms with Crippen molar-refractivity contribution >= 4 is 6.71 Å². The number of fused-ring (bicyclic) bond motifs is 4. The summed E-state index contributed by atoms with van der Waals surface area (Å²) in [4.78, 5) is 0. The summed E-state index contributed by atoms with van der Waals surface area (Å²) in [6.07, 6.45) is 9.56. The van der Waals surface area contributed by atoms with Crippen LogP contribution in [-0.4, -0.2) is 6.71 Å². The Bertz CT molecular complexity index is 476. The van der Waals surface area contributed by atoms with Crippen molar-refractivity contribution < 1.29 is 0 Å². The molecule has 8 atom stereocenters. The van der Waals surface area contributed by atoms with Crippen molar-refractivity contribution in [3.8, 4) is 0 Å². The van der Waals surface area contributed by atoms with Gasteiger partial charge >= 0.3 is 0 Å². The van der Waals surface area contributed by atoms with Gasteiger partial charge in [0.1, 0.15) is 0 Å². The quantitative estimate of drug-likeness (QED) is 0.393. The van der Waals surface area contributed by atoms with E-state index in [0.717, 1.165) is 53.9 Å². The molecule has 0 aromatic carbocycles.